The summed E-state index contributed by atoms with van der Waals surface area (Å²) >= 11 is 6.64. The highest BCUT2D eigenvalue weighted by Crippen LogP contribution is 2.51. The van der Waals surface area contributed by atoms with E-state index in [1.54, 1.807) is 18.2 Å². The number of methoxy groups -OCH3 is 1. The number of nitrogens with zero attached hydrogens (tertiary/aromatic N) is 1. The van der Waals surface area contributed by atoms with Crippen molar-refractivity contribution in [2.75, 3.05) is 13.7 Å². The Bertz CT molecular complexity index is 1560. The first kappa shape index (κ1) is 28.9. The highest BCUT2D eigenvalue weighted by molar-refractivity contribution is 7.87. The zero-order valence-corrected chi connectivity index (χ0v) is 24.3. The monoisotopic (exact) mass is 599 g/mol. The van der Waals surface area contributed by atoms with Gasteiger partial charge in [-0.25, -0.2) is 0 Å². The van der Waals surface area contributed by atoms with Crippen LogP contribution in [0.25, 0.3) is 0 Å². The van der Waals surface area contributed by atoms with E-state index in [0.29, 0.717) is 55.2 Å². The van der Waals surface area contributed by atoms with E-state index in [9.17, 15) is 27.9 Å². The number of Topliss-reactive ketones (excluding diaryl/α,β-unsaturated/α-hetero) is 2. The van der Waals surface area contributed by atoms with Crippen molar-refractivity contribution in [3.05, 3.63) is 75.1 Å². The molecule has 1 N–H and O–H groups in total. The zero-order chi connectivity index (χ0) is 29.5. The molecule has 2 aliphatic carbocycles. The van der Waals surface area contributed by atoms with Crippen LogP contribution >= 0.6 is 11.6 Å². The summed E-state index contributed by atoms with van der Waals surface area (Å²) in [5.74, 6) is -2.10. The van der Waals surface area contributed by atoms with Crippen LogP contribution in [0.4, 0.5) is 0 Å². The van der Waals surface area contributed by atoms with Crippen molar-refractivity contribution in [2.24, 2.45) is 0 Å². The van der Waals surface area contributed by atoms with Crippen LogP contribution < -0.4 is 8.92 Å². The van der Waals surface area contributed by atoms with Crippen molar-refractivity contribution in [1.29, 1.82) is 0 Å². The summed E-state index contributed by atoms with van der Waals surface area (Å²) in [6, 6.07) is 9.25. The largest absolute Gasteiger partial charge is 0.493 e. The molecular weight excluding hydrogens is 570 g/mol. The number of hydrogen-bond acceptors (Lipinski definition) is 8. The van der Waals surface area contributed by atoms with E-state index in [0.717, 1.165) is 17.0 Å². The van der Waals surface area contributed by atoms with Gasteiger partial charge in [0.25, 0.3) is 0 Å². The standard InChI is InChI=1S/C30H30ClNO8S/c1-17-9-11-19(12-10-17)41(37,38)40-30-20(31)15-18(16-25(30)39-2)27-28-21(5-3-7-23(28)33)32(14-13-26(35)36)22-6-4-8-24(34)29(22)27/h9-12,15-16,27H,3-8,13-14H2,1-2H3,(H,35,36). The van der Waals surface area contributed by atoms with Crippen molar-refractivity contribution in [3.63, 3.8) is 0 Å². The Morgan fingerprint density at radius 3 is 2.12 bits per heavy atom. The predicted octanol–water partition coefficient (Wildman–Crippen LogP) is 5.31. The van der Waals surface area contributed by atoms with Gasteiger partial charge in [-0.3, -0.25) is 14.4 Å². The lowest BCUT2D eigenvalue weighted by Gasteiger charge is -2.44. The fraction of sp³-hybridized carbons (Fsp3) is 0.367. The Balaban J connectivity index is 1.63. The van der Waals surface area contributed by atoms with Gasteiger partial charge in [-0.05, 0) is 62.4 Å². The molecule has 5 rings (SSSR count). The third-order valence-corrected chi connectivity index (χ3v) is 9.24. The molecule has 0 fully saturated rings. The molecule has 2 aromatic rings. The van der Waals surface area contributed by atoms with Gasteiger partial charge in [0, 0.05) is 47.8 Å². The number of carbonyl (C=O) groups excluding carboxylic acids is 2. The maximum absolute atomic E-state index is 13.4. The van der Waals surface area contributed by atoms with Gasteiger partial charge in [0.2, 0.25) is 5.75 Å². The quantitative estimate of drug-likeness (QED) is 0.401. The summed E-state index contributed by atoms with van der Waals surface area (Å²) in [4.78, 5) is 40.2. The van der Waals surface area contributed by atoms with E-state index in [1.165, 1.54) is 25.3 Å². The number of rotatable bonds is 8. The second-order valence-electron chi connectivity index (χ2n) is 10.4. The third kappa shape index (κ3) is 5.50. The molecule has 9 nitrogen and oxygen atoms in total. The second-order valence-corrected chi connectivity index (χ2v) is 12.3. The topological polar surface area (TPSA) is 127 Å². The summed E-state index contributed by atoms with van der Waals surface area (Å²) in [5, 5.41) is 9.32. The molecule has 0 saturated heterocycles. The van der Waals surface area contributed by atoms with Gasteiger partial charge in [0.1, 0.15) is 4.90 Å². The number of carboxylic acids is 1. The Labute approximate surface area is 243 Å². The van der Waals surface area contributed by atoms with Gasteiger partial charge in [0.15, 0.2) is 17.3 Å². The van der Waals surface area contributed by atoms with Gasteiger partial charge in [-0.1, -0.05) is 29.3 Å². The minimum atomic E-state index is -4.25. The minimum Gasteiger partial charge on any atom is -0.493 e. The van der Waals surface area contributed by atoms with E-state index < -0.39 is 22.0 Å². The van der Waals surface area contributed by atoms with Crippen molar-refractivity contribution in [1.82, 2.24) is 4.90 Å². The Morgan fingerprint density at radius 2 is 1.59 bits per heavy atom. The van der Waals surface area contributed by atoms with Crippen LogP contribution in [0.3, 0.4) is 0 Å². The molecule has 11 heteroatoms. The molecule has 0 amide bonds. The van der Waals surface area contributed by atoms with Crippen LogP contribution in [0.1, 0.15) is 62.0 Å². The zero-order valence-electron chi connectivity index (χ0n) is 22.7. The average molecular weight is 600 g/mol. The van der Waals surface area contributed by atoms with E-state index in [2.05, 4.69) is 0 Å². The summed E-state index contributed by atoms with van der Waals surface area (Å²) in [6.45, 7) is 2.00. The highest BCUT2D eigenvalue weighted by atomic mass is 35.5. The first-order valence-electron chi connectivity index (χ1n) is 13.4. The molecule has 0 aromatic heterocycles. The molecule has 41 heavy (non-hydrogen) atoms. The molecule has 3 aliphatic rings. The molecule has 1 heterocycles. The van der Waals surface area contributed by atoms with Crippen LogP contribution in [0.15, 0.2) is 63.8 Å². The number of benzene rings is 2. The lowest BCUT2D eigenvalue weighted by Crippen LogP contribution is -2.39. The van der Waals surface area contributed by atoms with Gasteiger partial charge < -0.3 is 18.9 Å². The van der Waals surface area contributed by atoms with Gasteiger partial charge >= 0.3 is 16.1 Å². The van der Waals surface area contributed by atoms with Crippen LogP contribution in [0.5, 0.6) is 11.5 Å². The Morgan fingerprint density at radius 1 is 1.00 bits per heavy atom. The molecule has 0 bridgehead atoms. The maximum Gasteiger partial charge on any atom is 0.339 e. The van der Waals surface area contributed by atoms with Crippen LogP contribution in [-0.4, -0.2) is 49.6 Å². The smallest absolute Gasteiger partial charge is 0.339 e. The second kappa shape index (κ2) is 11.3. The van der Waals surface area contributed by atoms with Gasteiger partial charge in [-0.2, -0.15) is 8.42 Å². The van der Waals surface area contributed by atoms with Crippen molar-refractivity contribution in [3.8, 4) is 11.5 Å². The molecular formula is C30H30ClNO8S. The number of halogens is 1. The highest BCUT2D eigenvalue weighted by Gasteiger charge is 2.43. The summed E-state index contributed by atoms with van der Waals surface area (Å²) in [5.41, 5.74) is 3.76. The fourth-order valence-corrected chi connectivity index (χ4v) is 7.14. The Kier molecular flexibility index (Phi) is 7.98. The van der Waals surface area contributed by atoms with E-state index in [1.807, 2.05) is 11.8 Å². The fourth-order valence-electron chi connectivity index (χ4n) is 5.88. The number of allylic oxidation sites excluding steroid dienone is 4. The summed E-state index contributed by atoms with van der Waals surface area (Å²) in [6.07, 6.45) is 2.86. The predicted molar refractivity (Wildman–Crippen MR) is 150 cm³/mol. The number of ketones is 2. The maximum atomic E-state index is 13.4. The van der Waals surface area contributed by atoms with E-state index >= 15 is 0 Å². The minimum absolute atomic E-state index is 0.0345. The van der Waals surface area contributed by atoms with Crippen molar-refractivity contribution in [2.45, 2.75) is 62.7 Å². The third-order valence-electron chi connectivity index (χ3n) is 7.72. The number of carboxylic acid groups (broad SMARTS) is 1. The van der Waals surface area contributed by atoms with E-state index in [4.69, 9.17) is 20.5 Å². The lowest BCUT2D eigenvalue weighted by atomic mass is 9.71. The molecule has 0 unspecified atom stereocenters. The Hall–Kier alpha value is -3.63. The van der Waals surface area contributed by atoms with E-state index in [-0.39, 0.29) is 45.9 Å². The molecule has 0 saturated carbocycles. The molecule has 0 radical (unpaired) electrons. The molecule has 1 aliphatic heterocycles. The number of ether oxygens (including phenoxy) is 1. The average Bonchev–Trinajstić information content (AvgIpc) is 2.92. The SMILES string of the molecule is COc1cc(C2C3=C(CCCC3=O)N(CCC(=O)O)C3=C2C(=O)CCC3)cc(Cl)c1OS(=O)(=O)c1ccc(C)cc1. The summed E-state index contributed by atoms with van der Waals surface area (Å²) < 4.78 is 37.0. The molecule has 216 valence electrons. The van der Waals surface area contributed by atoms with Crippen molar-refractivity contribution < 1.29 is 36.8 Å². The normalized spacial score (nSPS) is 17.9. The first-order valence-corrected chi connectivity index (χ1v) is 15.2. The number of carbonyl (C=O) groups is 3. The van der Waals surface area contributed by atoms with Gasteiger partial charge in [0.05, 0.1) is 18.6 Å². The van der Waals surface area contributed by atoms with Crippen LogP contribution in [-0.2, 0) is 24.5 Å². The number of aryl methyl sites for hydroxylation is 1. The van der Waals surface area contributed by atoms with Crippen LogP contribution in [0, 0.1) is 6.92 Å². The number of hydrogen-bond donors (Lipinski definition) is 1. The summed E-state index contributed by atoms with van der Waals surface area (Å²) in [7, 11) is -2.90. The first-order chi connectivity index (χ1) is 19.5. The molecule has 0 atom stereocenters. The number of aliphatic carboxylic acids is 1. The lowest BCUT2D eigenvalue weighted by molar-refractivity contribution is -0.137. The van der Waals surface area contributed by atoms with Gasteiger partial charge in [-0.15, -0.1) is 0 Å². The molecule has 0 spiro atoms. The van der Waals surface area contributed by atoms with Crippen LogP contribution in [0.2, 0.25) is 5.02 Å². The molecule has 2 aromatic carbocycles. The van der Waals surface area contributed by atoms with Crippen molar-refractivity contribution >= 4 is 39.3 Å².